The minimum Gasteiger partial charge on any atom is -0.444 e. The summed E-state index contributed by atoms with van der Waals surface area (Å²) in [5.41, 5.74) is 0.340. The van der Waals surface area contributed by atoms with Gasteiger partial charge in [-0.2, -0.15) is 0 Å². The summed E-state index contributed by atoms with van der Waals surface area (Å²) >= 11 is 0. The van der Waals surface area contributed by atoms with Crippen molar-refractivity contribution in [2.45, 2.75) is 46.1 Å². The van der Waals surface area contributed by atoms with Gasteiger partial charge in [0.25, 0.3) is 0 Å². The van der Waals surface area contributed by atoms with Crippen molar-refractivity contribution in [2.75, 3.05) is 11.9 Å². The van der Waals surface area contributed by atoms with Crippen LogP contribution in [0, 0.1) is 0 Å². The number of para-hydroxylation sites is 1. The van der Waals surface area contributed by atoms with Crippen LogP contribution >= 0.6 is 0 Å². The minimum atomic E-state index is -0.637. The molecule has 0 aliphatic heterocycles. The zero-order valence-electron chi connectivity index (χ0n) is 13.4. The fourth-order valence-corrected chi connectivity index (χ4v) is 1.72. The molecule has 0 saturated carbocycles. The third-order valence-electron chi connectivity index (χ3n) is 2.62. The van der Waals surface area contributed by atoms with E-state index in [0.29, 0.717) is 17.7 Å². The van der Waals surface area contributed by atoms with Crippen molar-refractivity contribution in [3.63, 3.8) is 0 Å². The maximum absolute atomic E-state index is 11.9. The minimum absolute atomic E-state index is 0.0907. The molecule has 0 bridgehead atoms. The second kappa shape index (κ2) is 7.79. The number of benzene rings is 1. The first kappa shape index (κ1) is 18.0. The molecule has 0 aliphatic rings. The number of nitrogens with one attached hydrogen (secondary N) is 1. The van der Waals surface area contributed by atoms with Crippen LogP contribution in [0.3, 0.4) is 0 Å². The zero-order chi connectivity index (χ0) is 16.8. The van der Waals surface area contributed by atoms with E-state index < -0.39 is 17.7 Å². The summed E-state index contributed by atoms with van der Waals surface area (Å²) in [5, 5.41) is 11.7. The number of carbonyl (C=O) groups is 2. The normalized spacial score (nSPS) is 11.0. The second-order valence-electron chi connectivity index (χ2n) is 5.72. The first-order valence-electron chi connectivity index (χ1n) is 7.20. The van der Waals surface area contributed by atoms with Crippen molar-refractivity contribution < 1.29 is 24.2 Å². The Morgan fingerprint density at radius 3 is 2.50 bits per heavy atom. The van der Waals surface area contributed by atoms with E-state index in [2.05, 4.69) is 5.32 Å². The molecule has 1 aromatic rings. The predicted octanol–water partition coefficient (Wildman–Crippen LogP) is 2.88. The van der Waals surface area contributed by atoms with Gasteiger partial charge in [0.15, 0.2) is 5.75 Å². The zero-order valence-corrected chi connectivity index (χ0v) is 13.4. The number of anilines is 1. The summed E-state index contributed by atoms with van der Waals surface area (Å²) in [6, 6.07) is 5.05. The van der Waals surface area contributed by atoms with Crippen molar-refractivity contribution in [3.8, 4) is 5.75 Å². The van der Waals surface area contributed by atoms with Crippen molar-refractivity contribution >= 4 is 17.7 Å². The van der Waals surface area contributed by atoms with Crippen LogP contribution in [0.4, 0.5) is 10.5 Å². The van der Waals surface area contributed by atoms with Gasteiger partial charge in [0.1, 0.15) is 5.60 Å². The Kier molecular flexibility index (Phi) is 6.37. The summed E-state index contributed by atoms with van der Waals surface area (Å²) in [5.74, 6) is -0.174. The lowest BCUT2D eigenvalue weighted by molar-refractivity contribution is -0.134. The summed E-state index contributed by atoms with van der Waals surface area (Å²) in [4.78, 5) is 23.5. The van der Waals surface area contributed by atoms with Gasteiger partial charge in [0, 0.05) is 13.0 Å². The van der Waals surface area contributed by atoms with E-state index in [9.17, 15) is 9.59 Å². The van der Waals surface area contributed by atoms with E-state index in [1.54, 1.807) is 45.9 Å². The first-order valence-corrected chi connectivity index (χ1v) is 7.20. The number of carbonyl (C=O) groups excluding carboxylic acids is 2. The number of aliphatic hydroxyl groups excluding tert-OH is 1. The van der Waals surface area contributed by atoms with Crippen LogP contribution < -0.4 is 10.1 Å². The molecule has 1 amide bonds. The van der Waals surface area contributed by atoms with Crippen LogP contribution in [-0.2, 0) is 16.0 Å². The molecule has 1 rings (SSSR count). The van der Waals surface area contributed by atoms with Crippen LogP contribution in [0.5, 0.6) is 5.75 Å². The summed E-state index contributed by atoms with van der Waals surface area (Å²) in [6.45, 7) is 6.86. The quantitative estimate of drug-likeness (QED) is 0.645. The lowest BCUT2D eigenvalue weighted by Crippen LogP contribution is -2.27. The van der Waals surface area contributed by atoms with Crippen molar-refractivity contribution in [1.82, 2.24) is 0 Å². The molecule has 0 atom stereocenters. The Morgan fingerprint density at radius 2 is 1.95 bits per heavy atom. The largest absolute Gasteiger partial charge is 0.444 e. The Morgan fingerprint density at radius 1 is 1.27 bits per heavy atom. The molecule has 2 N–H and O–H groups in total. The number of esters is 1. The summed E-state index contributed by atoms with van der Waals surface area (Å²) in [6.07, 6.45) is -0.113. The van der Waals surface area contributed by atoms with Gasteiger partial charge in [0.2, 0.25) is 0 Å². The second-order valence-corrected chi connectivity index (χ2v) is 5.72. The van der Waals surface area contributed by atoms with Crippen molar-refractivity contribution in [3.05, 3.63) is 23.8 Å². The molecule has 22 heavy (non-hydrogen) atoms. The molecule has 1 aromatic carbocycles. The number of hydrogen-bond donors (Lipinski definition) is 2. The molecule has 6 nitrogen and oxygen atoms in total. The van der Waals surface area contributed by atoms with Gasteiger partial charge in [0.05, 0.1) is 5.69 Å². The van der Waals surface area contributed by atoms with Gasteiger partial charge < -0.3 is 14.6 Å². The van der Waals surface area contributed by atoms with Gasteiger partial charge >= 0.3 is 12.1 Å². The van der Waals surface area contributed by atoms with Gasteiger partial charge in [-0.3, -0.25) is 10.1 Å². The maximum atomic E-state index is 11.9. The highest BCUT2D eigenvalue weighted by atomic mass is 16.6. The molecule has 0 aliphatic carbocycles. The standard InChI is InChI=1S/C16H23NO5/c1-5-13(19)21-14-11(9-10-18)7-6-8-12(14)17-15(20)22-16(2,3)4/h6-8,18H,5,9-10H2,1-4H3,(H,17,20). The highest BCUT2D eigenvalue weighted by Crippen LogP contribution is 2.30. The lowest BCUT2D eigenvalue weighted by atomic mass is 10.1. The van der Waals surface area contributed by atoms with E-state index in [4.69, 9.17) is 14.6 Å². The molecule has 0 fully saturated rings. The van der Waals surface area contributed by atoms with E-state index in [-0.39, 0.29) is 18.8 Å². The molecule has 0 radical (unpaired) electrons. The van der Waals surface area contributed by atoms with Gasteiger partial charge in [-0.1, -0.05) is 19.1 Å². The summed E-state index contributed by atoms with van der Waals surface area (Å²) in [7, 11) is 0. The molecule has 0 aromatic heterocycles. The number of aliphatic hydroxyl groups is 1. The predicted molar refractivity (Wildman–Crippen MR) is 83.0 cm³/mol. The lowest BCUT2D eigenvalue weighted by Gasteiger charge is -2.21. The SMILES string of the molecule is CCC(=O)Oc1c(CCO)cccc1NC(=O)OC(C)(C)C. The van der Waals surface area contributed by atoms with Crippen LogP contribution in [0.2, 0.25) is 0 Å². The number of hydrogen-bond acceptors (Lipinski definition) is 5. The smallest absolute Gasteiger partial charge is 0.412 e. The first-order chi connectivity index (χ1) is 10.3. The molecular weight excluding hydrogens is 286 g/mol. The molecule has 0 heterocycles. The molecule has 0 spiro atoms. The number of rotatable bonds is 5. The van der Waals surface area contributed by atoms with Gasteiger partial charge in [-0.05, 0) is 38.8 Å². The molecule has 0 unspecified atom stereocenters. The topological polar surface area (TPSA) is 84.9 Å². The van der Waals surface area contributed by atoms with Gasteiger partial charge in [-0.15, -0.1) is 0 Å². The average molecular weight is 309 g/mol. The number of amides is 1. The number of ether oxygens (including phenoxy) is 2. The Balaban J connectivity index is 3.04. The van der Waals surface area contributed by atoms with Crippen LogP contribution in [-0.4, -0.2) is 29.4 Å². The Labute approximate surface area is 130 Å². The summed E-state index contributed by atoms with van der Waals surface area (Å²) < 4.78 is 10.5. The Hall–Kier alpha value is -2.08. The van der Waals surface area contributed by atoms with Crippen molar-refractivity contribution in [1.29, 1.82) is 0 Å². The fraction of sp³-hybridized carbons (Fsp3) is 0.500. The van der Waals surface area contributed by atoms with E-state index in [1.807, 2.05) is 0 Å². The van der Waals surface area contributed by atoms with Gasteiger partial charge in [-0.25, -0.2) is 4.79 Å². The highest BCUT2D eigenvalue weighted by molar-refractivity contribution is 5.88. The van der Waals surface area contributed by atoms with Crippen LogP contribution in [0.15, 0.2) is 18.2 Å². The van der Waals surface area contributed by atoms with E-state index in [1.165, 1.54) is 0 Å². The van der Waals surface area contributed by atoms with Crippen LogP contribution in [0.25, 0.3) is 0 Å². The van der Waals surface area contributed by atoms with Crippen LogP contribution in [0.1, 0.15) is 39.7 Å². The maximum Gasteiger partial charge on any atom is 0.412 e. The third-order valence-corrected chi connectivity index (χ3v) is 2.62. The fourth-order valence-electron chi connectivity index (χ4n) is 1.72. The highest BCUT2D eigenvalue weighted by Gasteiger charge is 2.19. The van der Waals surface area contributed by atoms with Crippen molar-refractivity contribution in [2.24, 2.45) is 0 Å². The third kappa shape index (κ3) is 5.73. The average Bonchev–Trinajstić information content (AvgIpc) is 2.40. The molecular formula is C16H23NO5. The molecule has 0 saturated heterocycles. The molecule has 6 heteroatoms. The Bertz CT molecular complexity index is 534. The monoisotopic (exact) mass is 309 g/mol. The molecule has 122 valence electrons. The van der Waals surface area contributed by atoms with E-state index in [0.717, 1.165) is 0 Å². The van der Waals surface area contributed by atoms with E-state index >= 15 is 0 Å².